The molecule has 0 heterocycles. The van der Waals surface area contributed by atoms with Gasteiger partial charge in [-0.25, -0.2) is 4.39 Å². The maximum atomic E-state index is 13.1. The Morgan fingerprint density at radius 2 is 2.15 bits per heavy atom. The summed E-state index contributed by atoms with van der Waals surface area (Å²) in [6.07, 6.45) is 2.09. The van der Waals surface area contributed by atoms with Crippen LogP contribution in [0.25, 0.3) is 0 Å². The fourth-order valence-electron chi connectivity index (χ4n) is 1.82. The van der Waals surface area contributed by atoms with E-state index in [1.165, 1.54) is 6.07 Å². The third kappa shape index (κ3) is 5.17. The number of amides is 1. The number of carboxylic acids is 1. The highest BCUT2D eigenvalue weighted by Gasteiger charge is 2.18. The van der Waals surface area contributed by atoms with E-state index in [4.69, 9.17) is 16.7 Å². The summed E-state index contributed by atoms with van der Waals surface area (Å²) in [5, 5.41) is 11.6. The van der Waals surface area contributed by atoms with Crippen LogP contribution >= 0.6 is 11.6 Å². The van der Waals surface area contributed by atoms with Gasteiger partial charge in [-0.15, -0.1) is 0 Å². The minimum atomic E-state index is -0.989. The second kappa shape index (κ2) is 7.85. The minimum absolute atomic E-state index is 0.0125. The van der Waals surface area contributed by atoms with E-state index in [-0.39, 0.29) is 17.0 Å². The standard InChI is InChI=1S/C14H17ClFNO3/c1-2-3-4-10(8-13(18)19)17-14(20)11-7-9(16)5-6-12(11)15/h5-7,10H,2-4,8H2,1H3,(H,17,20)(H,18,19)/t10-/m0/s1. The van der Waals surface area contributed by atoms with E-state index in [9.17, 15) is 14.0 Å². The number of carbonyl (C=O) groups excluding carboxylic acids is 1. The maximum Gasteiger partial charge on any atom is 0.305 e. The third-order valence-corrected chi connectivity index (χ3v) is 3.16. The van der Waals surface area contributed by atoms with E-state index in [1.54, 1.807) is 0 Å². The van der Waals surface area contributed by atoms with E-state index < -0.39 is 23.7 Å². The van der Waals surface area contributed by atoms with Gasteiger partial charge >= 0.3 is 5.97 Å². The SMILES string of the molecule is CCCC[C@@H](CC(=O)O)NC(=O)c1cc(F)ccc1Cl. The van der Waals surface area contributed by atoms with Crippen LogP contribution in [0.3, 0.4) is 0 Å². The van der Waals surface area contributed by atoms with Gasteiger partial charge < -0.3 is 10.4 Å². The minimum Gasteiger partial charge on any atom is -0.481 e. The number of hydrogen-bond acceptors (Lipinski definition) is 2. The Hall–Kier alpha value is -1.62. The molecule has 0 saturated heterocycles. The van der Waals surface area contributed by atoms with Gasteiger partial charge in [0.15, 0.2) is 0 Å². The van der Waals surface area contributed by atoms with Crippen molar-refractivity contribution in [1.82, 2.24) is 5.32 Å². The Labute approximate surface area is 121 Å². The molecule has 1 aromatic carbocycles. The first-order chi connectivity index (χ1) is 9.43. The number of unbranched alkanes of at least 4 members (excludes halogenated alkanes) is 1. The summed E-state index contributed by atoms with van der Waals surface area (Å²) < 4.78 is 13.1. The van der Waals surface area contributed by atoms with Crippen LogP contribution in [0.2, 0.25) is 5.02 Å². The van der Waals surface area contributed by atoms with Crippen LogP contribution in [-0.2, 0) is 4.79 Å². The molecule has 1 aromatic rings. The summed E-state index contributed by atoms with van der Waals surface area (Å²) >= 11 is 5.84. The molecule has 0 aliphatic heterocycles. The van der Waals surface area contributed by atoms with Crippen LogP contribution in [0.15, 0.2) is 18.2 Å². The van der Waals surface area contributed by atoms with Gasteiger partial charge in [0.05, 0.1) is 17.0 Å². The first-order valence-electron chi connectivity index (χ1n) is 6.41. The van der Waals surface area contributed by atoms with Gasteiger partial charge in [-0.1, -0.05) is 31.4 Å². The average molecular weight is 302 g/mol. The molecule has 0 bridgehead atoms. The van der Waals surface area contributed by atoms with E-state index in [0.717, 1.165) is 25.0 Å². The fraction of sp³-hybridized carbons (Fsp3) is 0.429. The van der Waals surface area contributed by atoms with Crippen LogP contribution in [-0.4, -0.2) is 23.0 Å². The van der Waals surface area contributed by atoms with Crippen LogP contribution in [0.4, 0.5) is 4.39 Å². The molecule has 0 aromatic heterocycles. The molecule has 2 N–H and O–H groups in total. The molecule has 0 spiro atoms. The molecule has 1 amide bonds. The first-order valence-corrected chi connectivity index (χ1v) is 6.79. The van der Waals surface area contributed by atoms with Gasteiger partial charge in [0.2, 0.25) is 0 Å². The highest BCUT2D eigenvalue weighted by molar-refractivity contribution is 6.33. The maximum absolute atomic E-state index is 13.1. The molecule has 110 valence electrons. The van der Waals surface area contributed by atoms with Crippen molar-refractivity contribution >= 4 is 23.5 Å². The molecule has 0 aliphatic carbocycles. The Kier molecular flexibility index (Phi) is 6.45. The van der Waals surface area contributed by atoms with Gasteiger partial charge in [-0.2, -0.15) is 0 Å². The molecular weight excluding hydrogens is 285 g/mol. The zero-order valence-electron chi connectivity index (χ0n) is 11.2. The van der Waals surface area contributed by atoms with Crippen LogP contribution < -0.4 is 5.32 Å². The number of hydrogen-bond donors (Lipinski definition) is 2. The Bertz CT molecular complexity index is 493. The number of nitrogens with one attached hydrogen (secondary N) is 1. The molecule has 20 heavy (non-hydrogen) atoms. The van der Waals surface area contributed by atoms with Crippen molar-refractivity contribution in [1.29, 1.82) is 0 Å². The number of rotatable bonds is 7. The molecule has 0 saturated carbocycles. The topological polar surface area (TPSA) is 66.4 Å². The fourth-order valence-corrected chi connectivity index (χ4v) is 2.02. The molecule has 0 radical (unpaired) electrons. The zero-order chi connectivity index (χ0) is 15.1. The van der Waals surface area contributed by atoms with Gasteiger partial charge in [0.25, 0.3) is 5.91 Å². The lowest BCUT2D eigenvalue weighted by Gasteiger charge is -2.17. The van der Waals surface area contributed by atoms with Crippen molar-refractivity contribution in [2.75, 3.05) is 0 Å². The van der Waals surface area contributed by atoms with Crippen LogP contribution in [0.5, 0.6) is 0 Å². The molecule has 0 unspecified atom stereocenters. The van der Waals surface area contributed by atoms with Crippen LogP contribution in [0, 0.1) is 5.82 Å². The lowest BCUT2D eigenvalue weighted by Crippen LogP contribution is -2.36. The molecular formula is C14H17ClFNO3. The predicted molar refractivity (Wildman–Crippen MR) is 74.4 cm³/mol. The molecule has 4 nitrogen and oxygen atoms in total. The van der Waals surface area contributed by atoms with Gasteiger partial charge in [-0.3, -0.25) is 9.59 Å². The highest BCUT2D eigenvalue weighted by atomic mass is 35.5. The van der Waals surface area contributed by atoms with E-state index >= 15 is 0 Å². The van der Waals surface area contributed by atoms with E-state index in [2.05, 4.69) is 5.32 Å². The number of carboxylic acid groups (broad SMARTS) is 1. The first kappa shape index (κ1) is 16.4. The Morgan fingerprint density at radius 1 is 1.45 bits per heavy atom. The van der Waals surface area contributed by atoms with Crippen molar-refractivity contribution in [3.05, 3.63) is 34.6 Å². The lowest BCUT2D eigenvalue weighted by molar-refractivity contribution is -0.137. The number of benzene rings is 1. The number of aliphatic carboxylic acids is 1. The molecule has 1 rings (SSSR count). The average Bonchev–Trinajstić information content (AvgIpc) is 2.38. The van der Waals surface area contributed by atoms with Crippen molar-refractivity contribution < 1.29 is 19.1 Å². The van der Waals surface area contributed by atoms with Gasteiger partial charge in [-0.05, 0) is 24.6 Å². The summed E-state index contributed by atoms with van der Waals surface area (Å²) in [5.74, 6) is -2.11. The summed E-state index contributed by atoms with van der Waals surface area (Å²) in [4.78, 5) is 22.8. The molecule has 6 heteroatoms. The van der Waals surface area contributed by atoms with Gasteiger partial charge in [0.1, 0.15) is 5.82 Å². The number of carbonyl (C=O) groups is 2. The third-order valence-electron chi connectivity index (χ3n) is 2.84. The monoisotopic (exact) mass is 301 g/mol. The van der Waals surface area contributed by atoms with Crippen LogP contribution in [0.1, 0.15) is 43.0 Å². The van der Waals surface area contributed by atoms with Gasteiger partial charge in [0, 0.05) is 6.04 Å². The van der Waals surface area contributed by atoms with Crippen molar-refractivity contribution in [3.8, 4) is 0 Å². The number of halogens is 2. The smallest absolute Gasteiger partial charge is 0.305 e. The van der Waals surface area contributed by atoms with E-state index in [0.29, 0.717) is 6.42 Å². The van der Waals surface area contributed by atoms with Crippen molar-refractivity contribution in [2.45, 2.75) is 38.6 Å². The summed E-state index contributed by atoms with van der Waals surface area (Å²) in [6.45, 7) is 1.98. The summed E-state index contributed by atoms with van der Waals surface area (Å²) in [5.41, 5.74) is 0.0125. The quantitative estimate of drug-likeness (QED) is 0.812. The van der Waals surface area contributed by atoms with Crippen molar-refractivity contribution in [2.24, 2.45) is 0 Å². The Balaban J connectivity index is 2.78. The predicted octanol–water partition coefficient (Wildman–Crippen LogP) is 3.24. The molecule has 1 atom stereocenters. The largest absolute Gasteiger partial charge is 0.481 e. The normalized spacial score (nSPS) is 11.9. The van der Waals surface area contributed by atoms with Crippen molar-refractivity contribution in [3.63, 3.8) is 0 Å². The second-order valence-corrected chi connectivity index (χ2v) is 4.94. The zero-order valence-corrected chi connectivity index (χ0v) is 11.9. The Morgan fingerprint density at radius 3 is 2.75 bits per heavy atom. The lowest BCUT2D eigenvalue weighted by atomic mass is 10.1. The summed E-state index contributed by atoms with van der Waals surface area (Å²) in [7, 11) is 0. The highest BCUT2D eigenvalue weighted by Crippen LogP contribution is 2.17. The molecule has 0 fully saturated rings. The molecule has 0 aliphatic rings. The second-order valence-electron chi connectivity index (χ2n) is 4.53. The summed E-state index contributed by atoms with van der Waals surface area (Å²) in [6, 6.07) is 3.00. The van der Waals surface area contributed by atoms with E-state index in [1.807, 2.05) is 6.92 Å².